The van der Waals surface area contributed by atoms with E-state index in [9.17, 15) is 9.59 Å². The number of halogens is 1. The lowest BCUT2D eigenvalue weighted by Crippen LogP contribution is -2.49. The van der Waals surface area contributed by atoms with Gasteiger partial charge in [0.25, 0.3) is 0 Å². The van der Waals surface area contributed by atoms with Gasteiger partial charge in [0.2, 0.25) is 11.8 Å². The fourth-order valence-corrected chi connectivity index (χ4v) is 3.41. The predicted octanol–water partition coefficient (Wildman–Crippen LogP) is 4.83. The van der Waals surface area contributed by atoms with Crippen molar-refractivity contribution in [1.82, 2.24) is 10.2 Å². The topological polar surface area (TPSA) is 49.4 Å². The SMILES string of the molecule is CCC(C)NC(=O)C(C)N(Cc1ccc(Cl)cc1)C(=O)Cc1cc(C)cc(C)c1. The Morgan fingerprint density at radius 3 is 2.14 bits per heavy atom. The maximum atomic E-state index is 13.2. The second-order valence-electron chi connectivity index (χ2n) is 7.81. The molecule has 0 spiro atoms. The van der Waals surface area contributed by atoms with Gasteiger partial charge in [0, 0.05) is 17.6 Å². The third kappa shape index (κ3) is 6.90. The van der Waals surface area contributed by atoms with Crippen LogP contribution in [-0.4, -0.2) is 28.8 Å². The molecule has 2 aromatic rings. The third-order valence-electron chi connectivity index (χ3n) is 5.07. The van der Waals surface area contributed by atoms with Gasteiger partial charge in [-0.3, -0.25) is 9.59 Å². The molecule has 0 aromatic heterocycles. The zero-order valence-corrected chi connectivity index (χ0v) is 18.7. The first kappa shape index (κ1) is 23.0. The number of hydrogen-bond donors (Lipinski definition) is 1. The molecule has 0 heterocycles. The Labute approximate surface area is 179 Å². The molecule has 29 heavy (non-hydrogen) atoms. The van der Waals surface area contributed by atoms with Gasteiger partial charge >= 0.3 is 0 Å². The highest BCUT2D eigenvalue weighted by Gasteiger charge is 2.26. The molecule has 156 valence electrons. The van der Waals surface area contributed by atoms with Gasteiger partial charge in [0.05, 0.1) is 6.42 Å². The van der Waals surface area contributed by atoms with Crippen LogP contribution in [0.4, 0.5) is 0 Å². The maximum Gasteiger partial charge on any atom is 0.242 e. The quantitative estimate of drug-likeness (QED) is 0.672. The summed E-state index contributed by atoms with van der Waals surface area (Å²) < 4.78 is 0. The minimum Gasteiger partial charge on any atom is -0.352 e. The molecule has 2 rings (SSSR count). The standard InChI is InChI=1S/C24H31ClN2O2/c1-6-18(4)26-24(29)19(5)27(15-20-7-9-22(25)10-8-20)23(28)14-21-12-16(2)11-17(3)13-21/h7-13,18-19H,6,14-15H2,1-5H3,(H,26,29). The predicted molar refractivity (Wildman–Crippen MR) is 119 cm³/mol. The van der Waals surface area contributed by atoms with E-state index in [1.165, 1.54) is 0 Å². The Morgan fingerprint density at radius 1 is 1.00 bits per heavy atom. The molecule has 0 aliphatic heterocycles. The Kier molecular flexibility index (Phi) is 8.27. The molecule has 0 aliphatic carbocycles. The smallest absolute Gasteiger partial charge is 0.242 e. The number of benzene rings is 2. The lowest BCUT2D eigenvalue weighted by molar-refractivity contribution is -0.140. The van der Waals surface area contributed by atoms with Crippen LogP contribution < -0.4 is 5.32 Å². The highest BCUT2D eigenvalue weighted by molar-refractivity contribution is 6.30. The van der Waals surface area contributed by atoms with Crippen molar-refractivity contribution in [2.75, 3.05) is 0 Å². The summed E-state index contributed by atoms with van der Waals surface area (Å²) in [5.41, 5.74) is 4.15. The molecule has 2 aromatic carbocycles. The van der Waals surface area contributed by atoms with Crippen molar-refractivity contribution in [3.05, 3.63) is 69.7 Å². The third-order valence-corrected chi connectivity index (χ3v) is 5.32. The summed E-state index contributed by atoms with van der Waals surface area (Å²) in [6, 6.07) is 13.0. The van der Waals surface area contributed by atoms with Gasteiger partial charge in [-0.15, -0.1) is 0 Å². The first-order valence-electron chi connectivity index (χ1n) is 10.1. The monoisotopic (exact) mass is 414 g/mol. The van der Waals surface area contributed by atoms with Crippen LogP contribution in [0.25, 0.3) is 0 Å². The molecule has 1 N–H and O–H groups in total. The highest BCUT2D eigenvalue weighted by Crippen LogP contribution is 2.16. The van der Waals surface area contributed by atoms with Crippen LogP contribution in [0.5, 0.6) is 0 Å². The number of aryl methyl sites for hydroxylation is 2. The molecule has 0 saturated heterocycles. The van der Waals surface area contributed by atoms with E-state index in [0.29, 0.717) is 11.6 Å². The zero-order valence-electron chi connectivity index (χ0n) is 18.0. The van der Waals surface area contributed by atoms with E-state index in [1.54, 1.807) is 24.0 Å². The Bertz CT molecular complexity index is 828. The van der Waals surface area contributed by atoms with Gasteiger partial charge in [-0.25, -0.2) is 0 Å². The highest BCUT2D eigenvalue weighted by atomic mass is 35.5. The number of nitrogens with one attached hydrogen (secondary N) is 1. The molecule has 2 amide bonds. The van der Waals surface area contributed by atoms with Crippen LogP contribution in [0.1, 0.15) is 49.4 Å². The van der Waals surface area contributed by atoms with Crippen molar-refractivity contribution in [2.24, 2.45) is 0 Å². The van der Waals surface area contributed by atoms with Gasteiger partial charge in [0.1, 0.15) is 6.04 Å². The summed E-state index contributed by atoms with van der Waals surface area (Å²) in [7, 11) is 0. The molecule has 0 fully saturated rings. The second kappa shape index (κ2) is 10.4. The minimum atomic E-state index is -0.571. The number of amides is 2. The van der Waals surface area contributed by atoms with Gasteiger partial charge < -0.3 is 10.2 Å². The normalized spacial score (nSPS) is 12.9. The molecule has 0 bridgehead atoms. The number of carbonyl (C=O) groups is 2. The number of rotatable bonds is 8. The molecule has 0 saturated carbocycles. The van der Waals surface area contributed by atoms with Crippen molar-refractivity contribution in [3.63, 3.8) is 0 Å². The average molecular weight is 415 g/mol. The summed E-state index contributed by atoms with van der Waals surface area (Å²) >= 11 is 5.99. The fourth-order valence-electron chi connectivity index (χ4n) is 3.28. The van der Waals surface area contributed by atoms with E-state index in [1.807, 2.05) is 52.0 Å². The van der Waals surface area contributed by atoms with Gasteiger partial charge in [-0.1, -0.05) is 60.0 Å². The molecule has 2 atom stereocenters. The Hall–Kier alpha value is -2.33. The minimum absolute atomic E-state index is 0.0665. The lowest BCUT2D eigenvalue weighted by atomic mass is 10.0. The average Bonchev–Trinajstić information content (AvgIpc) is 2.65. The second-order valence-corrected chi connectivity index (χ2v) is 8.25. The largest absolute Gasteiger partial charge is 0.352 e. The number of carbonyl (C=O) groups excluding carboxylic acids is 2. The molecule has 4 nitrogen and oxygen atoms in total. The van der Waals surface area contributed by atoms with Crippen molar-refractivity contribution < 1.29 is 9.59 Å². The van der Waals surface area contributed by atoms with Crippen molar-refractivity contribution in [3.8, 4) is 0 Å². The van der Waals surface area contributed by atoms with Gasteiger partial charge in [-0.2, -0.15) is 0 Å². The lowest BCUT2D eigenvalue weighted by Gasteiger charge is -2.30. The Morgan fingerprint density at radius 2 is 1.59 bits per heavy atom. The van der Waals surface area contributed by atoms with Crippen LogP contribution in [-0.2, 0) is 22.6 Å². The molecular formula is C24H31ClN2O2. The van der Waals surface area contributed by atoms with E-state index in [2.05, 4.69) is 11.4 Å². The van der Waals surface area contributed by atoms with Crippen LogP contribution in [0.3, 0.4) is 0 Å². The maximum absolute atomic E-state index is 13.2. The first-order valence-corrected chi connectivity index (χ1v) is 10.5. The summed E-state index contributed by atoms with van der Waals surface area (Å²) in [6.07, 6.45) is 1.10. The summed E-state index contributed by atoms with van der Waals surface area (Å²) in [5.74, 6) is -0.209. The van der Waals surface area contributed by atoms with E-state index < -0.39 is 6.04 Å². The molecule has 0 aliphatic rings. The molecular weight excluding hydrogens is 384 g/mol. The molecule has 0 radical (unpaired) electrons. The number of nitrogens with zero attached hydrogens (tertiary/aromatic N) is 1. The van der Waals surface area contributed by atoms with Crippen LogP contribution in [0.15, 0.2) is 42.5 Å². The van der Waals surface area contributed by atoms with Crippen molar-refractivity contribution >= 4 is 23.4 Å². The van der Waals surface area contributed by atoms with Crippen LogP contribution >= 0.6 is 11.6 Å². The van der Waals surface area contributed by atoms with Crippen LogP contribution in [0, 0.1) is 13.8 Å². The number of hydrogen-bond acceptors (Lipinski definition) is 2. The van der Waals surface area contributed by atoms with Gasteiger partial charge in [0.15, 0.2) is 0 Å². The van der Waals surface area contributed by atoms with Crippen LogP contribution in [0.2, 0.25) is 5.02 Å². The van der Waals surface area contributed by atoms with Crippen molar-refractivity contribution in [1.29, 1.82) is 0 Å². The summed E-state index contributed by atoms with van der Waals surface area (Å²) in [4.78, 5) is 27.6. The zero-order chi connectivity index (χ0) is 21.6. The Balaban J connectivity index is 2.25. The fraction of sp³-hybridized carbons (Fsp3) is 0.417. The summed E-state index contributed by atoms with van der Waals surface area (Å²) in [6.45, 7) is 10.2. The van der Waals surface area contributed by atoms with E-state index in [4.69, 9.17) is 11.6 Å². The van der Waals surface area contributed by atoms with Crippen molar-refractivity contribution in [2.45, 2.75) is 66.1 Å². The van der Waals surface area contributed by atoms with E-state index in [-0.39, 0.29) is 24.3 Å². The molecule has 2 unspecified atom stereocenters. The first-order chi connectivity index (χ1) is 13.7. The van der Waals surface area contributed by atoms with E-state index in [0.717, 1.165) is 28.7 Å². The van der Waals surface area contributed by atoms with E-state index >= 15 is 0 Å². The summed E-state index contributed by atoms with van der Waals surface area (Å²) in [5, 5.41) is 3.63. The molecule has 5 heteroatoms. The van der Waals surface area contributed by atoms with Gasteiger partial charge in [-0.05, 0) is 57.4 Å².